The molecule has 2 N–H and O–H groups in total. The highest BCUT2D eigenvalue weighted by Crippen LogP contribution is 2.29. The van der Waals surface area contributed by atoms with Gasteiger partial charge in [0.1, 0.15) is 5.75 Å². The SMILES string of the molecule is O/N=C/c1c(O)ccc2sccc12. The Labute approximate surface area is 78.6 Å². The molecule has 1 aromatic carbocycles. The molecule has 2 aromatic rings. The molecule has 0 fully saturated rings. The minimum Gasteiger partial charge on any atom is -0.507 e. The molecule has 1 aromatic heterocycles. The maximum atomic E-state index is 9.46. The van der Waals surface area contributed by atoms with Crippen LogP contribution in [0.25, 0.3) is 10.1 Å². The van der Waals surface area contributed by atoms with Gasteiger partial charge < -0.3 is 10.3 Å². The third-order valence-electron chi connectivity index (χ3n) is 1.84. The van der Waals surface area contributed by atoms with Crippen LogP contribution in [0, 0.1) is 0 Å². The fourth-order valence-electron chi connectivity index (χ4n) is 1.25. The summed E-state index contributed by atoms with van der Waals surface area (Å²) in [5.41, 5.74) is 0.557. The summed E-state index contributed by atoms with van der Waals surface area (Å²) < 4.78 is 1.06. The van der Waals surface area contributed by atoms with Crippen LogP contribution in [0.1, 0.15) is 5.56 Å². The standard InChI is InChI=1S/C9H7NO2S/c11-8-1-2-9-6(3-4-13-9)7(8)5-10-12/h1-5,11-12H/b10-5+. The van der Waals surface area contributed by atoms with E-state index in [4.69, 9.17) is 5.21 Å². The number of hydrogen-bond acceptors (Lipinski definition) is 4. The summed E-state index contributed by atoms with van der Waals surface area (Å²) in [5.74, 6) is 0.128. The average Bonchev–Trinajstić information content (AvgIpc) is 2.58. The summed E-state index contributed by atoms with van der Waals surface area (Å²) >= 11 is 1.58. The first-order chi connectivity index (χ1) is 6.33. The van der Waals surface area contributed by atoms with Crippen molar-refractivity contribution in [3.8, 4) is 5.75 Å². The Kier molecular flexibility index (Phi) is 1.90. The van der Waals surface area contributed by atoms with Crippen molar-refractivity contribution in [1.29, 1.82) is 0 Å². The molecule has 4 heteroatoms. The van der Waals surface area contributed by atoms with Crippen LogP contribution in [0.5, 0.6) is 5.75 Å². The van der Waals surface area contributed by atoms with Crippen LogP contribution in [0.15, 0.2) is 28.7 Å². The zero-order valence-electron chi connectivity index (χ0n) is 6.64. The maximum Gasteiger partial charge on any atom is 0.125 e. The summed E-state index contributed by atoms with van der Waals surface area (Å²) in [6.45, 7) is 0. The van der Waals surface area contributed by atoms with E-state index in [2.05, 4.69) is 5.16 Å². The minimum atomic E-state index is 0.128. The summed E-state index contributed by atoms with van der Waals surface area (Å²) in [6.07, 6.45) is 1.24. The van der Waals surface area contributed by atoms with E-state index in [1.807, 2.05) is 17.5 Å². The molecule has 2 rings (SSSR count). The molecule has 0 saturated carbocycles. The van der Waals surface area contributed by atoms with Gasteiger partial charge in [-0.3, -0.25) is 0 Å². The van der Waals surface area contributed by atoms with Gasteiger partial charge in [0.15, 0.2) is 0 Å². The Morgan fingerprint density at radius 2 is 2.15 bits per heavy atom. The van der Waals surface area contributed by atoms with Crippen molar-refractivity contribution in [3.63, 3.8) is 0 Å². The molecule has 0 aliphatic heterocycles. The largest absolute Gasteiger partial charge is 0.507 e. The fraction of sp³-hybridized carbons (Fsp3) is 0. The molecule has 0 atom stereocenters. The Balaban J connectivity index is 2.80. The minimum absolute atomic E-state index is 0.128. The molecule has 0 bridgehead atoms. The van der Waals surface area contributed by atoms with Crippen LogP contribution in [-0.4, -0.2) is 16.5 Å². The van der Waals surface area contributed by atoms with Crippen molar-refractivity contribution in [2.45, 2.75) is 0 Å². The van der Waals surface area contributed by atoms with Gasteiger partial charge in [0, 0.05) is 15.6 Å². The van der Waals surface area contributed by atoms with Gasteiger partial charge in [0.25, 0.3) is 0 Å². The van der Waals surface area contributed by atoms with Crippen LogP contribution in [0.4, 0.5) is 0 Å². The normalized spacial score (nSPS) is 11.4. The topological polar surface area (TPSA) is 52.8 Å². The van der Waals surface area contributed by atoms with Crippen molar-refractivity contribution in [2.75, 3.05) is 0 Å². The summed E-state index contributed by atoms with van der Waals surface area (Å²) in [4.78, 5) is 0. The van der Waals surface area contributed by atoms with Gasteiger partial charge in [0.2, 0.25) is 0 Å². The molecule has 0 radical (unpaired) electrons. The quantitative estimate of drug-likeness (QED) is 0.415. The molecular formula is C9H7NO2S. The molecule has 66 valence electrons. The summed E-state index contributed by atoms with van der Waals surface area (Å²) in [5, 5.41) is 23.6. The van der Waals surface area contributed by atoms with E-state index in [0.29, 0.717) is 5.56 Å². The Morgan fingerprint density at radius 3 is 2.92 bits per heavy atom. The summed E-state index contributed by atoms with van der Waals surface area (Å²) in [6, 6.07) is 5.32. The van der Waals surface area contributed by atoms with E-state index in [1.165, 1.54) is 6.21 Å². The lowest BCUT2D eigenvalue weighted by Gasteiger charge is -1.98. The molecule has 3 nitrogen and oxygen atoms in total. The smallest absolute Gasteiger partial charge is 0.125 e. The number of rotatable bonds is 1. The lowest BCUT2D eigenvalue weighted by atomic mass is 10.1. The van der Waals surface area contributed by atoms with E-state index in [0.717, 1.165) is 10.1 Å². The molecule has 13 heavy (non-hydrogen) atoms. The highest BCUT2D eigenvalue weighted by molar-refractivity contribution is 7.17. The van der Waals surface area contributed by atoms with Gasteiger partial charge in [-0.15, -0.1) is 11.3 Å². The maximum absolute atomic E-state index is 9.46. The zero-order valence-corrected chi connectivity index (χ0v) is 7.45. The molecular weight excluding hydrogens is 186 g/mol. The number of oxime groups is 1. The van der Waals surface area contributed by atoms with Gasteiger partial charge in [-0.2, -0.15) is 0 Å². The molecule has 0 aliphatic rings. The van der Waals surface area contributed by atoms with Crippen LogP contribution >= 0.6 is 11.3 Å². The average molecular weight is 193 g/mol. The first kappa shape index (κ1) is 8.07. The van der Waals surface area contributed by atoms with Crippen LogP contribution in [-0.2, 0) is 0 Å². The number of phenols is 1. The number of aromatic hydroxyl groups is 1. The van der Waals surface area contributed by atoms with Gasteiger partial charge in [-0.25, -0.2) is 0 Å². The van der Waals surface area contributed by atoms with Gasteiger partial charge in [-0.1, -0.05) is 5.16 Å². The highest BCUT2D eigenvalue weighted by atomic mass is 32.1. The van der Waals surface area contributed by atoms with Crippen molar-refractivity contribution in [1.82, 2.24) is 0 Å². The van der Waals surface area contributed by atoms with Crippen molar-refractivity contribution < 1.29 is 10.3 Å². The second-order valence-electron chi connectivity index (χ2n) is 2.58. The van der Waals surface area contributed by atoms with Gasteiger partial charge >= 0.3 is 0 Å². The molecule has 0 saturated heterocycles. The number of thiophene rings is 1. The second-order valence-corrected chi connectivity index (χ2v) is 3.52. The fourth-order valence-corrected chi connectivity index (χ4v) is 2.05. The van der Waals surface area contributed by atoms with E-state index in [9.17, 15) is 5.11 Å². The van der Waals surface area contributed by atoms with Crippen molar-refractivity contribution in [2.24, 2.45) is 5.16 Å². The van der Waals surface area contributed by atoms with Crippen molar-refractivity contribution >= 4 is 27.6 Å². The first-order valence-corrected chi connectivity index (χ1v) is 4.57. The van der Waals surface area contributed by atoms with Crippen LogP contribution < -0.4 is 0 Å². The van der Waals surface area contributed by atoms with Crippen LogP contribution in [0.3, 0.4) is 0 Å². The number of phenolic OH excluding ortho intramolecular Hbond substituents is 1. The number of nitrogens with zero attached hydrogens (tertiary/aromatic N) is 1. The van der Waals surface area contributed by atoms with E-state index >= 15 is 0 Å². The molecule has 0 unspecified atom stereocenters. The number of benzene rings is 1. The zero-order chi connectivity index (χ0) is 9.26. The van der Waals surface area contributed by atoms with Crippen LogP contribution in [0.2, 0.25) is 0 Å². The molecule has 0 aliphatic carbocycles. The number of fused-ring (bicyclic) bond motifs is 1. The monoisotopic (exact) mass is 193 g/mol. The first-order valence-electron chi connectivity index (χ1n) is 3.69. The van der Waals surface area contributed by atoms with E-state index in [-0.39, 0.29) is 5.75 Å². The lowest BCUT2D eigenvalue weighted by Crippen LogP contribution is -1.82. The Bertz CT molecular complexity index is 462. The van der Waals surface area contributed by atoms with Crippen molar-refractivity contribution in [3.05, 3.63) is 29.1 Å². The Hall–Kier alpha value is -1.55. The highest BCUT2D eigenvalue weighted by Gasteiger charge is 2.05. The van der Waals surface area contributed by atoms with E-state index in [1.54, 1.807) is 17.4 Å². The van der Waals surface area contributed by atoms with Gasteiger partial charge in [-0.05, 0) is 23.6 Å². The third kappa shape index (κ3) is 1.25. The number of hydrogen-bond donors (Lipinski definition) is 2. The Morgan fingerprint density at radius 1 is 1.31 bits per heavy atom. The predicted molar refractivity (Wildman–Crippen MR) is 52.9 cm³/mol. The van der Waals surface area contributed by atoms with E-state index < -0.39 is 0 Å². The predicted octanol–water partition coefficient (Wildman–Crippen LogP) is 2.42. The second kappa shape index (κ2) is 3.06. The molecule has 0 spiro atoms. The lowest BCUT2D eigenvalue weighted by molar-refractivity contribution is 0.321. The van der Waals surface area contributed by atoms with Gasteiger partial charge in [0.05, 0.1) is 6.21 Å². The molecule has 1 heterocycles. The third-order valence-corrected chi connectivity index (χ3v) is 2.72. The summed E-state index contributed by atoms with van der Waals surface area (Å²) in [7, 11) is 0. The molecule has 0 amide bonds.